The van der Waals surface area contributed by atoms with Gasteiger partial charge in [-0.15, -0.1) is 0 Å². The Kier molecular flexibility index (Phi) is 5.25. The van der Waals surface area contributed by atoms with Crippen LogP contribution in [-0.4, -0.2) is 37.5 Å². The topological polar surface area (TPSA) is 50.7 Å². The molecule has 96 valence electrons. The van der Waals surface area contributed by atoms with Crippen molar-refractivity contribution >= 4 is 0 Å². The summed E-state index contributed by atoms with van der Waals surface area (Å²) in [4.78, 5) is 0. The van der Waals surface area contributed by atoms with E-state index >= 15 is 0 Å². The third-order valence-electron chi connectivity index (χ3n) is 2.43. The quantitative estimate of drug-likeness (QED) is 0.707. The minimum atomic E-state index is -0.261. The lowest BCUT2D eigenvalue weighted by molar-refractivity contribution is 0.180. The highest BCUT2D eigenvalue weighted by atomic mass is 16.5. The Morgan fingerprint density at radius 1 is 1.18 bits per heavy atom. The van der Waals surface area contributed by atoms with Gasteiger partial charge in [-0.25, -0.2) is 0 Å². The van der Waals surface area contributed by atoms with Crippen molar-refractivity contribution in [2.24, 2.45) is 0 Å². The van der Waals surface area contributed by atoms with Gasteiger partial charge in [-0.3, -0.25) is 0 Å². The van der Waals surface area contributed by atoms with Gasteiger partial charge in [0.25, 0.3) is 0 Å². The molecular weight excluding hydrogens is 218 g/mol. The van der Waals surface area contributed by atoms with Crippen molar-refractivity contribution < 1.29 is 14.6 Å². The van der Waals surface area contributed by atoms with Gasteiger partial charge in [-0.05, 0) is 38.1 Å². The van der Waals surface area contributed by atoms with Gasteiger partial charge < -0.3 is 19.9 Å². The van der Waals surface area contributed by atoms with E-state index < -0.39 is 0 Å². The van der Waals surface area contributed by atoms with E-state index in [-0.39, 0.29) is 12.1 Å². The van der Waals surface area contributed by atoms with Crippen LogP contribution in [0.1, 0.15) is 13.8 Å². The van der Waals surface area contributed by atoms with Gasteiger partial charge in [0.15, 0.2) is 0 Å². The number of hydrogen-bond donors (Lipinski definition) is 2. The SMILES string of the molecule is COc1ccc(OCCNC(C)(C)CO)cc1. The minimum absolute atomic E-state index is 0.107. The van der Waals surface area contributed by atoms with E-state index in [1.54, 1.807) is 7.11 Å². The van der Waals surface area contributed by atoms with Crippen LogP contribution >= 0.6 is 0 Å². The molecule has 4 nitrogen and oxygen atoms in total. The maximum absolute atomic E-state index is 9.05. The summed E-state index contributed by atoms with van der Waals surface area (Å²) in [5, 5.41) is 12.3. The van der Waals surface area contributed by atoms with Gasteiger partial charge in [-0.1, -0.05) is 0 Å². The maximum atomic E-state index is 9.05. The van der Waals surface area contributed by atoms with Crippen LogP contribution in [0.25, 0.3) is 0 Å². The van der Waals surface area contributed by atoms with E-state index in [4.69, 9.17) is 14.6 Å². The molecule has 0 aliphatic rings. The van der Waals surface area contributed by atoms with Crippen LogP contribution in [0, 0.1) is 0 Å². The summed E-state index contributed by atoms with van der Waals surface area (Å²) in [5.74, 6) is 1.63. The summed E-state index contributed by atoms with van der Waals surface area (Å²) in [5.41, 5.74) is -0.261. The second-order valence-corrected chi connectivity index (χ2v) is 4.49. The van der Waals surface area contributed by atoms with Crippen molar-refractivity contribution in [1.29, 1.82) is 0 Å². The Balaban J connectivity index is 2.26. The molecule has 0 amide bonds. The molecule has 2 N–H and O–H groups in total. The van der Waals surface area contributed by atoms with Gasteiger partial charge >= 0.3 is 0 Å². The van der Waals surface area contributed by atoms with E-state index in [0.29, 0.717) is 13.2 Å². The zero-order valence-electron chi connectivity index (χ0n) is 10.7. The highest BCUT2D eigenvalue weighted by Crippen LogP contribution is 2.16. The normalized spacial score (nSPS) is 11.3. The fraction of sp³-hybridized carbons (Fsp3) is 0.538. The summed E-state index contributed by atoms with van der Waals surface area (Å²) in [6.45, 7) is 5.26. The maximum Gasteiger partial charge on any atom is 0.119 e. The summed E-state index contributed by atoms with van der Waals surface area (Å²) < 4.78 is 10.6. The van der Waals surface area contributed by atoms with Crippen LogP contribution < -0.4 is 14.8 Å². The molecule has 1 aromatic rings. The zero-order chi connectivity index (χ0) is 12.7. The molecule has 0 atom stereocenters. The highest BCUT2D eigenvalue weighted by molar-refractivity contribution is 5.31. The van der Waals surface area contributed by atoms with Gasteiger partial charge in [0.05, 0.1) is 13.7 Å². The second-order valence-electron chi connectivity index (χ2n) is 4.49. The van der Waals surface area contributed by atoms with E-state index in [0.717, 1.165) is 11.5 Å². The fourth-order valence-electron chi connectivity index (χ4n) is 1.29. The largest absolute Gasteiger partial charge is 0.497 e. The smallest absolute Gasteiger partial charge is 0.119 e. The standard InChI is InChI=1S/C13H21NO3/c1-13(2,10-15)14-8-9-17-12-6-4-11(16-3)5-7-12/h4-7,14-15H,8-10H2,1-3H3. The van der Waals surface area contributed by atoms with E-state index in [1.807, 2.05) is 38.1 Å². The lowest BCUT2D eigenvalue weighted by Crippen LogP contribution is -2.44. The lowest BCUT2D eigenvalue weighted by Gasteiger charge is -2.23. The zero-order valence-corrected chi connectivity index (χ0v) is 10.7. The third-order valence-corrected chi connectivity index (χ3v) is 2.43. The van der Waals surface area contributed by atoms with Gasteiger partial charge in [0.2, 0.25) is 0 Å². The Labute approximate surface area is 103 Å². The molecule has 0 radical (unpaired) electrons. The Morgan fingerprint density at radius 2 is 1.76 bits per heavy atom. The van der Waals surface area contributed by atoms with Crippen molar-refractivity contribution in [3.8, 4) is 11.5 Å². The van der Waals surface area contributed by atoms with Crippen molar-refractivity contribution in [3.05, 3.63) is 24.3 Å². The molecule has 0 saturated heterocycles. The first-order valence-corrected chi connectivity index (χ1v) is 5.70. The number of benzene rings is 1. The predicted octanol–water partition coefficient (Wildman–Crippen LogP) is 1.43. The van der Waals surface area contributed by atoms with Crippen molar-refractivity contribution in [3.63, 3.8) is 0 Å². The third kappa shape index (κ3) is 5.06. The monoisotopic (exact) mass is 239 g/mol. The number of hydrogen-bond acceptors (Lipinski definition) is 4. The first-order chi connectivity index (χ1) is 8.07. The second kappa shape index (κ2) is 6.47. The van der Waals surface area contributed by atoms with Gasteiger partial charge in [-0.2, -0.15) is 0 Å². The van der Waals surface area contributed by atoms with E-state index in [9.17, 15) is 0 Å². The molecule has 0 spiro atoms. The number of rotatable bonds is 7. The summed E-state index contributed by atoms with van der Waals surface area (Å²) in [6, 6.07) is 7.47. The molecule has 1 rings (SSSR count). The summed E-state index contributed by atoms with van der Waals surface area (Å²) >= 11 is 0. The molecule has 0 unspecified atom stereocenters. The van der Waals surface area contributed by atoms with Gasteiger partial charge in [0, 0.05) is 12.1 Å². The van der Waals surface area contributed by atoms with Crippen LogP contribution in [-0.2, 0) is 0 Å². The summed E-state index contributed by atoms with van der Waals surface area (Å²) in [7, 11) is 1.64. The fourth-order valence-corrected chi connectivity index (χ4v) is 1.29. The molecule has 0 fully saturated rings. The van der Waals surface area contributed by atoms with Crippen LogP contribution in [0.2, 0.25) is 0 Å². The first kappa shape index (κ1) is 13.8. The number of methoxy groups -OCH3 is 1. The van der Waals surface area contributed by atoms with Crippen LogP contribution in [0.3, 0.4) is 0 Å². The molecule has 0 aliphatic heterocycles. The molecule has 17 heavy (non-hydrogen) atoms. The Hall–Kier alpha value is -1.26. The molecule has 0 bridgehead atoms. The molecule has 0 aromatic heterocycles. The average Bonchev–Trinajstić information content (AvgIpc) is 2.35. The molecule has 0 heterocycles. The Morgan fingerprint density at radius 3 is 2.29 bits per heavy atom. The highest BCUT2D eigenvalue weighted by Gasteiger charge is 2.14. The van der Waals surface area contributed by atoms with E-state index in [1.165, 1.54) is 0 Å². The van der Waals surface area contributed by atoms with Crippen molar-refractivity contribution in [2.75, 3.05) is 26.9 Å². The number of aliphatic hydroxyl groups is 1. The first-order valence-electron chi connectivity index (χ1n) is 5.70. The van der Waals surface area contributed by atoms with Crippen LogP contribution in [0.5, 0.6) is 11.5 Å². The predicted molar refractivity (Wildman–Crippen MR) is 67.7 cm³/mol. The van der Waals surface area contributed by atoms with Crippen molar-refractivity contribution in [1.82, 2.24) is 5.32 Å². The average molecular weight is 239 g/mol. The summed E-state index contributed by atoms with van der Waals surface area (Å²) in [6.07, 6.45) is 0. The molecule has 0 aliphatic carbocycles. The number of ether oxygens (including phenoxy) is 2. The number of aliphatic hydroxyl groups excluding tert-OH is 1. The molecular formula is C13H21NO3. The Bertz CT molecular complexity index is 322. The van der Waals surface area contributed by atoms with E-state index in [2.05, 4.69) is 5.32 Å². The minimum Gasteiger partial charge on any atom is -0.497 e. The number of nitrogens with one attached hydrogen (secondary N) is 1. The lowest BCUT2D eigenvalue weighted by atomic mass is 10.1. The van der Waals surface area contributed by atoms with Crippen LogP contribution in [0.4, 0.5) is 0 Å². The van der Waals surface area contributed by atoms with Crippen molar-refractivity contribution in [2.45, 2.75) is 19.4 Å². The van der Waals surface area contributed by atoms with Gasteiger partial charge in [0.1, 0.15) is 18.1 Å². The molecule has 4 heteroatoms. The molecule has 1 aromatic carbocycles. The molecule has 0 saturated carbocycles. The van der Waals surface area contributed by atoms with Crippen LogP contribution in [0.15, 0.2) is 24.3 Å².